The Labute approximate surface area is 363 Å². The molecule has 0 fully saturated rings. The third kappa shape index (κ3) is 5.89. The average molecular weight is 811 g/mol. The second kappa shape index (κ2) is 14.7. The van der Waals surface area contributed by atoms with Crippen LogP contribution in [-0.2, 0) is 5.41 Å². The normalized spacial score (nSPS) is 12.9. The highest BCUT2D eigenvalue weighted by Gasteiger charge is 2.50. The Balaban J connectivity index is 1.11. The Hall–Kier alpha value is -7.87. The van der Waals surface area contributed by atoms with E-state index in [0.717, 1.165) is 50.3 Å². The van der Waals surface area contributed by atoms with Gasteiger partial charge in [0.25, 0.3) is 0 Å². The average Bonchev–Trinajstić information content (AvgIpc) is 3.64. The molecule has 0 saturated heterocycles. The van der Waals surface area contributed by atoms with Crippen molar-refractivity contribution >= 4 is 11.8 Å². The maximum absolute atomic E-state index is 5.18. The topological polar surface area (TPSA) is 77.3 Å². The van der Waals surface area contributed by atoms with Gasteiger partial charge >= 0.3 is 0 Å². The molecular formula is C55H34N6S. The molecule has 0 unspecified atom stereocenters. The van der Waals surface area contributed by atoms with Crippen molar-refractivity contribution in [3.63, 3.8) is 0 Å². The van der Waals surface area contributed by atoms with Gasteiger partial charge < -0.3 is 0 Å². The quantitative estimate of drug-likeness (QED) is 0.165. The molecule has 6 aromatic carbocycles. The number of pyridine rings is 3. The van der Waals surface area contributed by atoms with Crippen LogP contribution in [0.2, 0.25) is 0 Å². The number of nitrogens with zero attached hydrogens (tertiary/aromatic N) is 6. The van der Waals surface area contributed by atoms with Crippen LogP contribution in [0.3, 0.4) is 0 Å². The van der Waals surface area contributed by atoms with E-state index in [1.807, 2.05) is 97.2 Å². The number of hydrogen-bond donors (Lipinski definition) is 0. The molecule has 0 atom stereocenters. The van der Waals surface area contributed by atoms with E-state index in [1.165, 1.54) is 43.2 Å². The lowest BCUT2D eigenvalue weighted by Crippen LogP contribution is -2.32. The third-order valence-electron chi connectivity index (χ3n) is 12.0. The molecule has 7 heteroatoms. The van der Waals surface area contributed by atoms with Crippen LogP contribution in [0.25, 0.3) is 78.9 Å². The van der Waals surface area contributed by atoms with Gasteiger partial charge in [-0.1, -0.05) is 133 Å². The summed E-state index contributed by atoms with van der Waals surface area (Å²) >= 11 is 1.84. The largest absolute Gasteiger partial charge is 0.265 e. The summed E-state index contributed by atoms with van der Waals surface area (Å²) in [5.74, 6) is 1.90. The van der Waals surface area contributed by atoms with Gasteiger partial charge in [-0.15, -0.1) is 0 Å². The van der Waals surface area contributed by atoms with Gasteiger partial charge in [0.1, 0.15) is 0 Å². The first-order valence-electron chi connectivity index (χ1n) is 20.6. The van der Waals surface area contributed by atoms with Crippen molar-refractivity contribution in [3.8, 4) is 78.9 Å². The van der Waals surface area contributed by atoms with Crippen molar-refractivity contribution in [2.45, 2.75) is 15.2 Å². The van der Waals surface area contributed by atoms with Crippen molar-refractivity contribution < 1.29 is 0 Å². The highest BCUT2D eigenvalue weighted by atomic mass is 32.2. The Kier molecular flexibility index (Phi) is 8.54. The molecule has 0 amide bonds. The predicted octanol–water partition coefficient (Wildman–Crippen LogP) is 12.9. The smallest absolute Gasteiger partial charge is 0.164 e. The fourth-order valence-corrected chi connectivity index (χ4v) is 10.4. The fraction of sp³-hybridized carbons (Fsp3) is 0.0182. The Morgan fingerprint density at radius 3 is 1.26 bits per heavy atom. The molecule has 62 heavy (non-hydrogen) atoms. The summed E-state index contributed by atoms with van der Waals surface area (Å²) in [5, 5.41) is 0. The molecule has 1 aliphatic carbocycles. The van der Waals surface area contributed by atoms with E-state index in [-0.39, 0.29) is 0 Å². The lowest BCUT2D eigenvalue weighted by molar-refractivity contribution is 0.722. The fourth-order valence-electron chi connectivity index (χ4n) is 9.19. The zero-order chi connectivity index (χ0) is 41.0. The summed E-state index contributed by atoms with van der Waals surface area (Å²) in [6.45, 7) is 0. The zero-order valence-electron chi connectivity index (χ0n) is 33.2. The number of fused-ring (bicyclic) bond motifs is 9. The lowest BCUT2D eigenvalue weighted by atomic mass is 9.67. The molecule has 0 radical (unpaired) electrons. The van der Waals surface area contributed by atoms with Crippen LogP contribution in [0.5, 0.6) is 0 Å². The maximum atomic E-state index is 5.18. The molecule has 290 valence electrons. The molecule has 5 heterocycles. The third-order valence-corrected chi connectivity index (χ3v) is 13.2. The minimum atomic E-state index is -0.637. The summed E-state index contributed by atoms with van der Waals surface area (Å²) in [4.78, 5) is 31.6. The van der Waals surface area contributed by atoms with Crippen LogP contribution >= 0.6 is 11.8 Å². The zero-order valence-corrected chi connectivity index (χ0v) is 34.0. The molecule has 6 nitrogen and oxygen atoms in total. The molecule has 12 rings (SSSR count). The van der Waals surface area contributed by atoms with E-state index >= 15 is 0 Å². The van der Waals surface area contributed by atoms with E-state index in [2.05, 4.69) is 131 Å². The standard InChI is InChI=1S/C55H34N6S/c1-3-11-37(12-4-1)52-59-53(38-13-5-2-6-14-38)61-54(60-52)40-20-22-43-42-21-19-39(41-33-48(35-23-27-56-28-24-35)58-49(34-41)36-25-29-57-30-26-36)31-46(42)55(47(43)32-40)44-15-7-9-17-50(44)62-51-18-10-8-16-45(51)55/h1-34H. The van der Waals surface area contributed by atoms with Crippen LogP contribution in [0.15, 0.2) is 217 Å². The van der Waals surface area contributed by atoms with Crippen LogP contribution < -0.4 is 0 Å². The van der Waals surface area contributed by atoms with Crippen LogP contribution in [0.1, 0.15) is 22.3 Å². The van der Waals surface area contributed by atoms with Gasteiger partial charge in [-0.2, -0.15) is 0 Å². The number of benzene rings is 6. The van der Waals surface area contributed by atoms with E-state index in [9.17, 15) is 0 Å². The van der Waals surface area contributed by atoms with Crippen molar-refractivity contribution in [3.05, 3.63) is 229 Å². The van der Waals surface area contributed by atoms with Crippen molar-refractivity contribution in [1.82, 2.24) is 29.9 Å². The van der Waals surface area contributed by atoms with Crippen molar-refractivity contribution in [2.24, 2.45) is 0 Å². The maximum Gasteiger partial charge on any atom is 0.164 e. The summed E-state index contributed by atoms with van der Waals surface area (Å²) in [5.41, 5.74) is 15.5. The summed E-state index contributed by atoms with van der Waals surface area (Å²) in [6.07, 6.45) is 7.27. The highest BCUT2D eigenvalue weighted by Crippen LogP contribution is 2.63. The Morgan fingerprint density at radius 2 is 0.742 bits per heavy atom. The predicted molar refractivity (Wildman–Crippen MR) is 247 cm³/mol. The van der Waals surface area contributed by atoms with Crippen molar-refractivity contribution in [1.29, 1.82) is 0 Å². The second-order valence-corrected chi connectivity index (χ2v) is 16.6. The van der Waals surface area contributed by atoms with Crippen LogP contribution in [0.4, 0.5) is 0 Å². The molecule has 2 aliphatic rings. The van der Waals surface area contributed by atoms with E-state index in [4.69, 9.17) is 19.9 Å². The van der Waals surface area contributed by atoms with Crippen LogP contribution in [0, 0.1) is 0 Å². The Bertz CT molecular complexity index is 2980. The SMILES string of the molecule is c1ccc(-c2nc(-c3ccccc3)nc(-c3ccc4c(c3)C3(c5ccccc5Sc5ccccc53)c3cc(-c5cc(-c6ccncc6)nc(-c6ccncc6)c5)ccc3-4)n2)cc1. The van der Waals surface area contributed by atoms with E-state index < -0.39 is 5.41 Å². The van der Waals surface area contributed by atoms with Gasteiger partial charge in [0.05, 0.1) is 16.8 Å². The molecule has 0 saturated carbocycles. The molecule has 0 N–H and O–H groups in total. The number of hydrogen-bond acceptors (Lipinski definition) is 7. The Morgan fingerprint density at radius 1 is 0.306 bits per heavy atom. The molecule has 10 aromatic rings. The second-order valence-electron chi connectivity index (χ2n) is 15.5. The molecule has 0 bridgehead atoms. The minimum Gasteiger partial charge on any atom is -0.265 e. The molecule has 1 aliphatic heterocycles. The van der Waals surface area contributed by atoms with Gasteiger partial charge in [-0.3, -0.25) is 9.97 Å². The number of aromatic nitrogens is 6. The van der Waals surface area contributed by atoms with Gasteiger partial charge in [0, 0.05) is 62.4 Å². The van der Waals surface area contributed by atoms with Gasteiger partial charge in [0.15, 0.2) is 17.5 Å². The highest BCUT2D eigenvalue weighted by molar-refractivity contribution is 7.99. The van der Waals surface area contributed by atoms with Gasteiger partial charge in [-0.05, 0) is 105 Å². The first-order valence-corrected chi connectivity index (χ1v) is 21.4. The van der Waals surface area contributed by atoms with Gasteiger partial charge in [-0.25, -0.2) is 19.9 Å². The van der Waals surface area contributed by atoms with Gasteiger partial charge in [0.2, 0.25) is 0 Å². The van der Waals surface area contributed by atoms with E-state index in [1.54, 1.807) is 0 Å². The summed E-state index contributed by atoms with van der Waals surface area (Å²) in [7, 11) is 0. The lowest BCUT2D eigenvalue weighted by Gasteiger charge is -2.39. The minimum absolute atomic E-state index is 0.628. The molecule has 4 aromatic heterocycles. The first-order chi connectivity index (χ1) is 30.7. The molecule has 1 spiro atoms. The van der Waals surface area contributed by atoms with Crippen molar-refractivity contribution in [2.75, 3.05) is 0 Å². The van der Waals surface area contributed by atoms with Crippen LogP contribution in [-0.4, -0.2) is 29.9 Å². The van der Waals surface area contributed by atoms with E-state index in [0.29, 0.717) is 17.5 Å². The molecular weight excluding hydrogens is 777 g/mol. The number of rotatable bonds is 6. The monoisotopic (exact) mass is 810 g/mol. The summed E-state index contributed by atoms with van der Waals surface area (Å²) in [6, 6.07) is 64.4. The summed E-state index contributed by atoms with van der Waals surface area (Å²) < 4.78 is 0. The first kappa shape index (κ1) is 36.0.